The van der Waals surface area contributed by atoms with Crippen LogP contribution in [0.2, 0.25) is 0 Å². The van der Waals surface area contributed by atoms with Gasteiger partial charge in [0.2, 0.25) is 0 Å². The number of rotatable bonds is 2. The molecule has 2 aromatic carbocycles. The summed E-state index contributed by atoms with van der Waals surface area (Å²) in [4.78, 5) is 25.3. The summed E-state index contributed by atoms with van der Waals surface area (Å²) in [6.45, 7) is 1.33. The molecule has 1 heterocycles. The van der Waals surface area contributed by atoms with Gasteiger partial charge in [-0.3, -0.25) is 4.79 Å². The Balaban J connectivity index is 1.86. The van der Waals surface area contributed by atoms with Crippen LogP contribution in [0.5, 0.6) is 5.75 Å². The number of aromatic carboxylic acids is 1. The van der Waals surface area contributed by atoms with Gasteiger partial charge in [0.25, 0.3) is 5.91 Å². The van der Waals surface area contributed by atoms with Crippen molar-refractivity contribution in [2.45, 2.75) is 6.54 Å². The summed E-state index contributed by atoms with van der Waals surface area (Å²) in [6.07, 6.45) is 0. The van der Waals surface area contributed by atoms with E-state index in [0.717, 1.165) is 11.3 Å². The van der Waals surface area contributed by atoms with Crippen molar-refractivity contribution in [3.63, 3.8) is 0 Å². The summed E-state index contributed by atoms with van der Waals surface area (Å²) >= 11 is 0. The Morgan fingerprint density at radius 1 is 1.05 bits per heavy atom. The molecule has 1 aliphatic rings. The van der Waals surface area contributed by atoms with Crippen LogP contribution in [-0.2, 0) is 6.54 Å². The van der Waals surface area contributed by atoms with Crippen LogP contribution in [-0.4, -0.2) is 35.0 Å². The minimum atomic E-state index is -1.04. The molecule has 0 radical (unpaired) electrons. The van der Waals surface area contributed by atoms with E-state index >= 15 is 0 Å². The highest BCUT2D eigenvalue weighted by molar-refractivity contribution is 5.97. The SMILES string of the molecule is O=C(O)c1cccc(C(=O)N2CCOc3ccccc3C2)c1. The molecule has 0 unspecified atom stereocenters. The van der Waals surface area contributed by atoms with E-state index in [9.17, 15) is 9.59 Å². The molecule has 3 rings (SSSR count). The molecule has 1 aliphatic heterocycles. The van der Waals surface area contributed by atoms with E-state index in [1.165, 1.54) is 12.1 Å². The van der Waals surface area contributed by atoms with Gasteiger partial charge in [0.05, 0.1) is 12.1 Å². The second-order valence-corrected chi connectivity index (χ2v) is 5.07. The molecule has 0 aliphatic carbocycles. The van der Waals surface area contributed by atoms with Crippen LogP contribution < -0.4 is 4.74 Å². The first-order valence-corrected chi connectivity index (χ1v) is 6.98. The maximum atomic E-state index is 12.6. The Hall–Kier alpha value is -2.82. The molecule has 2 aromatic rings. The fraction of sp³-hybridized carbons (Fsp3) is 0.176. The van der Waals surface area contributed by atoms with Gasteiger partial charge in [-0.05, 0) is 24.3 Å². The first-order chi connectivity index (χ1) is 10.6. The number of amides is 1. The van der Waals surface area contributed by atoms with Crippen LogP contribution in [0.1, 0.15) is 26.3 Å². The van der Waals surface area contributed by atoms with Crippen molar-refractivity contribution in [2.75, 3.05) is 13.2 Å². The predicted octanol–water partition coefficient (Wildman–Crippen LogP) is 2.42. The van der Waals surface area contributed by atoms with E-state index in [-0.39, 0.29) is 11.5 Å². The van der Waals surface area contributed by atoms with E-state index in [0.29, 0.717) is 25.3 Å². The molecule has 0 spiro atoms. The van der Waals surface area contributed by atoms with Gasteiger partial charge in [-0.1, -0.05) is 24.3 Å². The van der Waals surface area contributed by atoms with Gasteiger partial charge in [-0.25, -0.2) is 4.79 Å². The largest absolute Gasteiger partial charge is 0.491 e. The third kappa shape index (κ3) is 2.79. The summed E-state index contributed by atoms with van der Waals surface area (Å²) in [5.74, 6) is -0.445. The van der Waals surface area contributed by atoms with Gasteiger partial charge in [0, 0.05) is 17.7 Å². The highest BCUT2D eigenvalue weighted by atomic mass is 16.5. The number of carbonyl (C=O) groups excluding carboxylic acids is 1. The quantitative estimate of drug-likeness (QED) is 0.924. The molecule has 1 N–H and O–H groups in total. The minimum absolute atomic E-state index is 0.109. The first kappa shape index (κ1) is 14.1. The predicted molar refractivity (Wildman–Crippen MR) is 80.1 cm³/mol. The molecule has 0 bridgehead atoms. The number of hydrogen-bond donors (Lipinski definition) is 1. The zero-order valence-electron chi connectivity index (χ0n) is 11.9. The lowest BCUT2D eigenvalue weighted by Crippen LogP contribution is -2.32. The molecule has 0 atom stereocenters. The summed E-state index contributed by atoms with van der Waals surface area (Å²) in [5, 5.41) is 9.03. The standard InChI is InChI=1S/C17H15NO4/c19-16(12-5-3-6-13(10-12)17(20)21)18-8-9-22-15-7-2-1-4-14(15)11-18/h1-7,10H,8-9,11H2,(H,20,21). The average Bonchev–Trinajstić information content (AvgIpc) is 2.76. The van der Waals surface area contributed by atoms with Gasteiger partial charge in [-0.15, -0.1) is 0 Å². The number of carboxylic acid groups (broad SMARTS) is 1. The molecular weight excluding hydrogens is 282 g/mol. The fourth-order valence-corrected chi connectivity index (χ4v) is 2.47. The van der Waals surface area contributed by atoms with Crippen LogP contribution in [0.3, 0.4) is 0 Å². The van der Waals surface area contributed by atoms with Crippen molar-refractivity contribution in [3.05, 3.63) is 65.2 Å². The minimum Gasteiger partial charge on any atom is -0.491 e. The van der Waals surface area contributed by atoms with Crippen molar-refractivity contribution in [1.29, 1.82) is 0 Å². The molecule has 0 fully saturated rings. The third-order valence-corrected chi connectivity index (χ3v) is 3.60. The van der Waals surface area contributed by atoms with Gasteiger partial charge < -0.3 is 14.7 Å². The number of carboxylic acids is 1. The third-order valence-electron chi connectivity index (χ3n) is 3.60. The zero-order chi connectivity index (χ0) is 15.5. The highest BCUT2D eigenvalue weighted by Gasteiger charge is 2.21. The Kier molecular flexibility index (Phi) is 3.78. The fourth-order valence-electron chi connectivity index (χ4n) is 2.47. The maximum absolute atomic E-state index is 12.6. The van der Waals surface area contributed by atoms with E-state index < -0.39 is 5.97 Å². The Morgan fingerprint density at radius 2 is 1.82 bits per heavy atom. The molecule has 112 valence electrons. The number of benzene rings is 2. The van der Waals surface area contributed by atoms with E-state index in [1.807, 2.05) is 24.3 Å². The van der Waals surface area contributed by atoms with Crippen molar-refractivity contribution in [2.24, 2.45) is 0 Å². The summed E-state index contributed by atoms with van der Waals surface area (Å²) in [5.41, 5.74) is 1.43. The highest BCUT2D eigenvalue weighted by Crippen LogP contribution is 2.23. The first-order valence-electron chi connectivity index (χ1n) is 6.98. The Morgan fingerprint density at radius 3 is 2.64 bits per heavy atom. The Labute approximate surface area is 127 Å². The van der Waals surface area contributed by atoms with Gasteiger partial charge in [-0.2, -0.15) is 0 Å². The van der Waals surface area contributed by atoms with Crippen LogP contribution >= 0.6 is 0 Å². The second kappa shape index (κ2) is 5.89. The van der Waals surface area contributed by atoms with E-state index in [2.05, 4.69) is 0 Å². The second-order valence-electron chi connectivity index (χ2n) is 5.07. The summed E-state index contributed by atoms with van der Waals surface area (Å²) < 4.78 is 5.64. The number of carbonyl (C=O) groups is 2. The van der Waals surface area contributed by atoms with Crippen molar-refractivity contribution in [3.8, 4) is 5.75 Å². The monoisotopic (exact) mass is 297 g/mol. The lowest BCUT2D eigenvalue weighted by atomic mass is 10.1. The number of fused-ring (bicyclic) bond motifs is 1. The number of ether oxygens (including phenoxy) is 1. The van der Waals surface area contributed by atoms with E-state index in [1.54, 1.807) is 17.0 Å². The molecule has 22 heavy (non-hydrogen) atoms. The zero-order valence-corrected chi connectivity index (χ0v) is 11.9. The number of hydrogen-bond acceptors (Lipinski definition) is 3. The smallest absolute Gasteiger partial charge is 0.335 e. The van der Waals surface area contributed by atoms with Crippen molar-refractivity contribution < 1.29 is 19.4 Å². The van der Waals surface area contributed by atoms with Crippen molar-refractivity contribution in [1.82, 2.24) is 4.90 Å². The van der Waals surface area contributed by atoms with Crippen LogP contribution in [0.25, 0.3) is 0 Å². The van der Waals surface area contributed by atoms with Crippen LogP contribution in [0.15, 0.2) is 48.5 Å². The van der Waals surface area contributed by atoms with Crippen LogP contribution in [0.4, 0.5) is 0 Å². The number of nitrogens with zero attached hydrogens (tertiary/aromatic N) is 1. The maximum Gasteiger partial charge on any atom is 0.335 e. The molecule has 1 amide bonds. The normalized spacial score (nSPS) is 13.7. The topological polar surface area (TPSA) is 66.8 Å². The molecule has 5 heteroatoms. The molecule has 0 saturated carbocycles. The lowest BCUT2D eigenvalue weighted by molar-refractivity contribution is 0.0697. The molecule has 0 aromatic heterocycles. The van der Waals surface area contributed by atoms with Gasteiger partial charge >= 0.3 is 5.97 Å². The Bertz CT molecular complexity index is 726. The average molecular weight is 297 g/mol. The molecule has 0 saturated heterocycles. The van der Waals surface area contributed by atoms with E-state index in [4.69, 9.17) is 9.84 Å². The lowest BCUT2D eigenvalue weighted by Gasteiger charge is -2.20. The molecule has 5 nitrogen and oxygen atoms in total. The van der Waals surface area contributed by atoms with Gasteiger partial charge in [0.1, 0.15) is 12.4 Å². The van der Waals surface area contributed by atoms with Gasteiger partial charge in [0.15, 0.2) is 0 Å². The van der Waals surface area contributed by atoms with Crippen LogP contribution in [0, 0.1) is 0 Å². The van der Waals surface area contributed by atoms with Crippen molar-refractivity contribution >= 4 is 11.9 Å². The molecular formula is C17H15NO4. The summed E-state index contributed by atoms with van der Waals surface area (Å²) in [6, 6.07) is 13.7. The summed E-state index contributed by atoms with van der Waals surface area (Å²) in [7, 11) is 0. The number of para-hydroxylation sites is 1.